The molecule has 0 atom stereocenters. The highest BCUT2D eigenvalue weighted by atomic mass is 35.5. The topological polar surface area (TPSA) is 75.7 Å². The van der Waals surface area contributed by atoms with Gasteiger partial charge in [0.25, 0.3) is 0 Å². The molecule has 6 nitrogen and oxygen atoms in total. The molecule has 2 aromatic carbocycles. The number of anilines is 2. The number of sulfonamides is 1. The van der Waals surface area contributed by atoms with Gasteiger partial charge in [0.2, 0.25) is 15.9 Å². The number of benzene rings is 2. The summed E-state index contributed by atoms with van der Waals surface area (Å²) in [5.41, 5.74) is 1.36. The van der Waals surface area contributed by atoms with Crippen LogP contribution in [0.2, 0.25) is 15.1 Å². The molecule has 0 aliphatic rings. The fourth-order valence-corrected chi connectivity index (χ4v) is 4.03. The average Bonchev–Trinajstić information content (AvgIpc) is 2.55. The number of methoxy groups -OCH3 is 1. The van der Waals surface area contributed by atoms with Crippen molar-refractivity contribution in [2.75, 3.05) is 29.5 Å². The zero-order chi connectivity index (χ0) is 20.4. The van der Waals surface area contributed by atoms with Gasteiger partial charge in [0.1, 0.15) is 12.3 Å². The molecule has 27 heavy (non-hydrogen) atoms. The minimum absolute atomic E-state index is 0.0710. The largest absolute Gasteiger partial charge is 0.495 e. The monoisotopic (exact) mass is 450 g/mol. The highest BCUT2D eigenvalue weighted by molar-refractivity contribution is 7.92. The molecule has 0 saturated carbocycles. The van der Waals surface area contributed by atoms with Crippen LogP contribution in [0.1, 0.15) is 5.56 Å². The number of ether oxygens (including phenoxy) is 1. The first-order valence-electron chi connectivity index (χ1n) is 7.59. The summed E-state index contributed by atoms with van der Waals surface area (Å²) in [6.45, 7) is 1.29. The minimum Gasteiger partial charge on any atom is -0.495 e. The lowest BCUT2D eigenvalue weighted by Crippen LogP contribution is -2.37. The minimum atomic E-state index is -3.81. The molecule has 10 heteroatoms. The number of aryl methyl sites for hydroxylation is 1. The molecule has 1 amide bonds. The predicted octanol–water partition coefficient (Wildman–Crippen LogP) is 4.37. The molecule has 2 rings (SSSR count). The second kappa shape index (κ2) is 8.56. The Morgan fingerprint density at radius 2 is 1.81 bits per heavy atom. The third kappa shape index (κ3) is 5.42. The van der Waals surface area contributed by atoms with E-state index in [0.717, 1.165) is 16.1 Å². The van der Waals surface area contributed by atoms with Gasteiger partial charge in [0.15, 0.2) is 0 Å². The van der Waals surface area contributed by atoms with E-state index in [-0.39, 0.29) is 21.5 Å². The number of halogens is 3. The molecule has 0 unspecified atom stereocenters. The van der Waals surface area contributed by atoms with Gasteiger partial charge in [-0.15, -0.1) is 0 Å². The Morgan fingerprint density at radius 1 is 1.15 bits per heavy atom. The Hall–Kier alpha value is -1.67. The van der Waals surface area contributed by atoms with Crippen LogP contribution in [0.4, 0.5) is 11.4 Å². The lowest BCUT2D eigenvalue weighted by atomic mass is 10.2. The van der Waals surface area contributed by atoms with Crippen LogP contribution in [-0.4, -0.2) is 34.2 Å². The van der Waals surface area contributed by atoms with Crippen LogP contribution in [-0.2, 0) is 14.8 Å². The summed E-state index contributed by atoms with van der Waals surface area (Å²) in [5, 5.41) is 3.49. The van der Waals surface area contributed by atoms with Gasteiger partial charge >= 0.3 is 0 Å². The van der Waals surface area contributed by atoms with Crippen LogP contribution in [0, 0.1) is 6.92 Å². The third-order valence-electron chi connectivity index (χ3n) is 3.64. The fourth-order valence-electron chi connectivity index (χ4n) is 2.33. The van der Waals surface area contributed by atoms with Crippen LogP contribution < -0.4 is 14.4 Å². The second-order valence-corrected chi connectivity index (χ2v) is 8.87. The molecule has 0 heterocycles. The van der Waals surface area contributed by atoms with Gasteiger partial charge in [-0.05, 0) is 36.8 Å². The standard InChI is InChI=1S/C17H17Cl3N2O4S/c1-10-6-11(18)4-5-14(10)21-17(23)9-22(27(3,24)25)15-8-16(26-2)13(20)7-12(15)19/h4-8H,9H2,1-3H3,(H,21,23). The Kier molecular flexibility index (Phi) is 6.86. The Labute approximate surface area is 173 Å². The van der Waals surface area contributed by atoms with Gasteiger partial charge < -0.3 is 10.1 Å². The molecule has 0 saturated heterocycles. The molecule has 0 bridgehead atoms. The number of nitrogens with zero attached hydrogens (tertiary/aromatic N) is 1. The first-order chi connectivity index (χ1) is 12.5. The van der Waals surface area contributed by atoms with E-state index < -0.39 is 22.5 Å². The molecule has 0 aliphatic carbocycles. The summed E-state index contributed by atoms with van der Waals surface area (Å²) in [4.78, 5) is 12.5. The van der Waals surface area contributed by atoms with Gasteiger partial charge in [-0.3, -0.25) is 9.10 Å². The number of rotatable bonds is 6. The van der Waals surface area contributed by atoms with Crippen molar-refractivity contribution in [2.45, 2.75) is 6.92 Å². The van der Waals surface area contributed by atoms with E-state index >= 15 is 0 Å². The van der Waals surface area contributed by atoms with Crippen molar-refractivity contribution < 1.29 is 17.9 Å². The maximum atomic E-state index is 12.5. The molecule has 0 radical (unpaired) electrons. The van der Waals surface area contributed by atoms with Crippen molar-refractivity contribution in [3.8, 4) is 5.75 Å². The van der Waals surface area contributed by atoms with Crippen molar-refractivity contribution in [3.63, 3.8) is 0 Å². The normalized spacial score (nSPS) is 11.2. The van der Waals surface area contributed by atoms with E-state index in [9.17, 15) is 13.2 Å². The van der Waals surface area contributed by atoms with Gasteiger partial charge in [-0.2, -0.15) is 0 Å². The van der Waals surface area contributed by atoms with E-state index in [1.807, 2.05) is 0 Å². The first-order valence-corrected chi connectivity index (χ1v) is 10.6. The van der Waals surface area contributed by atoms with E-state index in [0.29, 0.717) is 10.7 Å². The molecule has 0 fully saturated rings. The highest BCUT2D eigenvalue weighted by Crippen LogP contribution is 2.37. The Morgan fingerprint density at radius 3 is 2.37 bits per heavy atom. The summed E-state index contributed by atoms with van der Waals surface area (Å²) < 4.78 is 30.5. The van der Waals surface area contributed by atoms with Crippen molar-refractivity contribution in [3.05, 3.63) is 51.0 Å². The fraction of sp³-hybridized carbons (Fsp3) is 0.235. The highest BCUT2D eigenvalue weighted by Gasteiger charge is 2.25. The molecular weight excluding hydrogens is 435 g/mol. The molecule has 146 valence electrons. The van der Waals surface area contributed by atoms with Crippen LogP contribution in [0.3, 0.4) is 0 Å². The van der Waals surface area contributed by atoms with E-state index in [1.54, 1.807) is 25.1 Å². The lowest BCUT2D eigenvalue weighted by Gasteiger charge is -2.24. The summed E-state index contributed by atoms with van der Waals surface area (Å²) in [6.07, 6.45) is 0.977. The summed E-state index contributed by atoms with van der Waals surface area (Å²) in [6, 6.07) is 7.67. The van der Waals surface area contributed by atoms with Gasteiger partial charge in [0, 0.05) is 16.8 Å². The van der Waals surface area contributed by atoms with Gasteiger partial charge in [-0.25, -0.2) is 8.42 Å². The van der Waals surface area contributed by atoms with Crippen molar-refractivity contribution >= 4 is 62.1 Å². The van der Waals surface area contributed by atoms with E-state index in [4.69, 9.17) is 39.5 Å². The number of hydrogen-bond acceptors (Lipinski definition) is 4. The number of hydrogen-bond donors (Lipinski definition) is 1. The van der Waals surface area contributed by atoms with Crippen molar-refractivity contribution in [1.82, 2.24) is 0 Å². The summed E-state index contributed by atoms with van der Waals surface area (Å²) in [5.74, 6) is -0.311. The van der Waals surface area contributed by atoms with Crippen molar-refractivity contribution in [1.29, 1.82) is 0 Å². The van der Waals surface area contributed by atoms with Crippen LogP contribution in [0.25, 0.3) is 0 Å². The Balaban J connectivity index is 2.34. The zero-order valence-corrected chi connectivity index (χ0v) is 17.8. The summed E-state index contributed by atoms with van der Waals surface area (Å²) in [7, 11) is -2.43. The molecular formula is C17H17Cl3N2O4S. The number of carbonyl (C=O) groups is 1. The van der Waals surface area contributed by atoms with Crippen molar-refractivity contribution in [2.24, 2.45) is 0 Å². The average molecular weight is 452 g/mol. The molecule has 0 aromatic heterocycles. The van der Waals surface area contributed by atoms with Gasteiger partial charge in [-0.1, -0.05) is 34.8 Å². The number of amides is 1. The third-order valence-corrected chi connectivity index (χ3v) is 5.60. The zero-order valence-electron chi connectivity index (χ0n) is 14.7. The Bertz CT molecular complexity index is 980. The molecule has 1 N–H and O–H groups in total. The predicted molar refractivity (Wildman–Crippen MR) is 110 cm³/mol. The maximum Gasteiger partial charge on any atom is 0.245 e. The second-order valence-electron chi connectivity index (χ2n) is 5.72. The molecule has 2 aromatic rings. The number of carbonyl (C=O) groups excluding carboxylic acids is 1. The first kappa shape index (κ1) is 21.6. The SMILES string of the molecule is COc1cc(N(CC(=O)Nc2ccc(Cl)cc2C)S(C)(=O)=O)c(Cl)cc1Cl. The van der Waals surface area contributed by atoms with Gasteiger partial charge in [0.05, 0.1) is 29.1 Å². The quantitative estimate of drug-likeness (QED) is 0.707. The molecule has 0 aliphatic heterocycles. The number of nitrogens with one attached hydrogen (secondary N) is 1. The van der Waals surface area contributed by atoms with E-state index in [2.05, 4.69) is 5.32 Å². The van der Waals surface area contributed by atoms with Crippen LogP contribution >= 0.6 is 34.8 Å². The summed E-state index contributed by atoms with van der Waals surface area (Å²) >= 11 is 18.0. The maximum absolute atomic E-state index is 12.5. The smallest absolute Gasteiger partial charge is 0.245 e. The molecule has 0 spiro atoms. The van der Waals surface area contributed by atoms with Crippen LogP contribution in [0.5, 0.6) is 5.75 Å². The lowest BCUT2D eigenvalue weighted by molar-refractivity contribution is -0.114. The van der Waals surface area contributed by atoms with E-state index in [1.165, 1.54) is 19.2 Å². The van der Waals surface area contributed by atoms with Crippen LogP contribution in [0.15, 0.2) is 30.3 Å².